The highest BCUT2D eigenvalue weighted by Gasteiger charge is 2.43. The number of aliphatic hydroxyl groups excluding tert-OH is 1. The fourth-order valence-electron chi connectivity index (χ4n) is 3.14. The van der Waals surface area contributed by atoms with Gasteiger partial charge >= 0.3 is 5.97 Å². The van der Waals surface area contributed by atoms with E-state index in [1.54, 1.807) is 27.7 Å². The van der Waals surface area contributed by atoms with Crippen molar-refractivity contribution in [1.29, 1.82) is 0 Å². The second kappa shape index (κ2) is 6.70. The van der Waals surface area contributed by atoms with Gasteiger partial charge in [-0.2, -0.15) is 0 Å². The van der Waals surface area contributed by atoms with Gasteiger partial charge in [-0.15, -0.1) is 0 Å². The molecule has 3 N–H and O–H groups in total. The number of amides is 2. The number of aliphatic hydroxyl groups is 1. The van der Waals surface area contributed by atoms with Crippen LogP contribution in [0.1, 0.15) is 53.4 Å². The maximum atomic E-state index is 12.5. The average Bonchev–Trinajstić information content (AvgIpc) is 2.82. The average molecular weight is 340 g/mol. The number of carbonyl (C=O) groups is 3. The third-order valence-corrected chi connectivity index (χ3v) is 4.71. The molecule has 4 unspecified atom stereocenters. The molecule has 1 saturated carbocycles. The van der Waals surface area contributed by atoms with E-state index in [4.69, 9.17) is 4.74 Å². The highest BCUT2D eigenvalue weighted by Crippen LogP contribution is 2.31. The first kappa shape index (κ1) is 18.7. The van der Waals surface area contributed by atoms with E-state index in [0.29, 0.717) is 19.3 Å². The van der Waals surface area contributed by atoms with Gasteiger partial charge in [0.2, 0.25) is 11.8 Å². The molecule has 1 aliphatic heterocycles. The van der Waals surface area contributed by atoms with Crippen LogP contribution in [0.3, 0.4) is 0 Å². The number of rotatable bonds is 3. The van der Waals surface area contributed by atoms with Crippen LogP contribution in [0.15, 0.2) is 0 Å². The van der Waals surface area contributed by atoms with Crippen molar-refractivity contribution >= 4 is 17.8 Å². The van der Waals surface area contributed by atoms with Crippen LogP contribution in [0.5, 0.6) is 0 Å². The van der Waals surface area contributed by atoms with Crippen molar-refractivity contribution in [3.05, 3.63) is 0 Å². The van der Waals surface area contributed by atoms with Crippen LogP contribution < -0.4 is 10.6 Å². The second-order valence-electron chi connectivity index (χ2n) is 8.19. The summed E-state index contributed by atoms with van der Waals surface area (Å²) in [5, 5.41) is 15.7. The van der Waals surface area contributed by atoms with Crippen LogP contribution in [-0.4, -0.2) is 47.2 Å². The van der Waals surface area contributed by atoms with Gasteiger partial charge in [0.05, 0.1) is 23.5 Å². The summed E-state index contributed by atoms with van der Waals surface area (Å²) in [6.45, 7) is 7.49. The molecule has 0 spiro atoms. The first-order valence-corrected chi connectivity index (χ1v) is 8.49. The monoisotopic (exact) mass is 340 g/mol. The van der Waals surface area contributed by atoms with Gasteiger partial charge < -0.3 is 20.5 Å². The lowest BCUT2D eigenvalue weighted by Gasteiger charge is -2.33. The van der Waals surface area contributed by atoms with Crippen molar-refractivity contribution in [2.75, 3.05) is 6.54 Å². The molecule has 136 valence electrons. The van der Waals surface area contributed by atoms with Gasteiger partial charge in [-0.3, -0.25) is 14.4 Å². The smallest absolute Gasteiger partial charge is 0.309 e. The Bertz CT molecular complexity index is 516. The standard InChI is InChI=1S/C17H28N2O5/c1-16(2,3)24-14(22)10-7-11(12(20)8-10)19-15(23)17(4)6-5-13(21)18-9-17/h10-12,20H,5-9H2,1-4H3,(H,18,21)(H,19,23). The van der Waals surface area contributed by atoms with Gasteiger partial charge in [0.1, 0.15) is 5.60 Å². The molecule has 2 aliphatic rings. The molecule has 0 aromatic carbocycles. The third-order valence-electron chi connectivity index (χ3n) is 4.71. The first-order chi connectivity index (χ1) is 11.0. The molecule has 4 atom stereocenters. The fraction of sp³-hybridized carbons (Fsp3) is 0.824. The van der Waals surface area contributed by atoms with Gasteiger partial charge in [-0.1, -0.05) is 0 Å². The summed E-state index contributed by atoms with van der Waals surface area (Å²) in [7, 11) is 0. The lowest BCUT2D eigenvalue weighted by atomic mass is 9.81. The fourth-order valence-corrected chi connectivity index (χ4v) is 3.14. The van der Waals surface area contributed by atoms with Crippen molar-refractivity contribution in [2.45, 2.75) is 71.1 Å². The molecular weight excluding hydrogens is 312 g/mol. The summed E-state index contributed by atoms with van der Waals surface area (Å²) in [5.74, 6) is -1.000. The lowest BCUT2D eigenvalue weighted by Crippen LogP contribution is -2.53. The summed E-state index contributed by atoms with van der Waals surface area (Å²) in [6, 6.07) is -0.468. The molecule has 0 bridgehead atoms. The van der Waals surface area contributed by atoms with Crippen molar-refractivity contribution < 1.29 is 24.2 Å². The summed E-state index contributed by atoms with van der Waals surface area (Å²) in [5.41, 5.74) is -1.26. The van der Waals surface area contributed by atoms with Gasteiger partial charge in [0, 0.05) is 13.0 Å². The molecule has 0 aromatic rings. The molecule has 1 aliphatic carbocycles. The van der Waals surface area contributed by atoms with Crippen molar-refractivity contribution in [3.63, 3.8) is 0 Å². The van der Waals surface area contributed by atoms with E-state index in [9.17, 15) is 19.5 Å². The summed E-state index contributed by atoms with van der Waals surface area (Å²) >= 11 is 0. The van der Waals surface area contributed by atoms with Crippen molar-refractivity contribution in [3.8, 4) is 0 Å². The molecule has 7 heteroatoms. The second-order valence-corrected chi connectivity index (χ2v) is 8.19. The summed E-state index contributed by atoms with van der Waals surface area (Å²) in [6.07, 6.45) is 0.673. The molecule has 24 heavy (non-hydrogen) atoms. The Hall–Kier alpha value is -1.63. The van der Waals surface area contributed by atoms with Crippen LogP contribution >= 0.6 is 0 Å². The van der Waals surface area contributed by atoms with Crippen LogP contribution in [0.25, 0.3) is 0 Å². The number of hydrogen-bond acceptors (Lipinski definition) is 5. The minimum atomic E-state index is -0.770. The Balaban J connectivity index is 1.92. The van der Waals surface area contributed by atoms with Gasteiger partial charge in [-0.25, -0.2) is 0 Å². The highest BCUT2D eigenvalue weighted by molar-refractivity contribution is 5.86. The number of esters is 1. The van der Waals surface area contributed by atoms with E-state index >= 15 is 0 Å². The maximum absolute atomic E-state index is 12.5. The minimum absolute atomic E-state index is 0.0498. The Morgan fingerprint density at radius 1 is 1.33 bits per heavy atom. The first-order valence-electron chi connectivity index (χ1n) is 8.49. The van der Waals surface area contributed by atoms with Crippen LogP contribution in [0.2, 0.25) is 0 Å². The van der Waals surface area contributed by atoms with E-state index in [2.05, 4.69) is 10.6 Å². The van der Waals surface area contributed by atoms with E-state index in [-0.39, 0.29) is 30.7 Å². The topological polar surface area (TPSA) is 105 Å². The zero-order valence-corrected chi connectivity index (χ0v) is 14.8. The van der Waals surface area contributed by atoms with Crippen LogP contribution in [0, 0.1) is 11.3 Å². The summed E-state index contributed by atoms with van der Waals surface area (Å²) < 4.78 is 5.36. The van der Waals surface area contributed by atoms with Crippen LogP contribution in [-0.2, 0) is 19.1 Å². The molecular formula is C17H28N2O5. The lowest BCUT2D eigenvalue weighted by molar-refractivity contribution is -0.160. The summed E-state index contributed by atoms with van der Waals surface area (Å²) in [4.78, 5) is 36.0. The van der Waals surface area contributed by atoms with E-state index in [0.717, 1.165) is 0 Å². The molecule has 2 fully saturated rings. The zero-order valence-electron chi connectivity index (χ0n) is 14.8. The predicted molar refractivity (Wildman–Crippen MR) is 86.9 cm³/mol. The Labute approximate surface area is 142 Å². The SMILES string of the molecule is CC(C)(C)OC(=O)C1CC(O)C(NC(=O)C2(C)CCC(=O)NC2)C1. The number of carbonyl (C=O) groups excluding carboxylic acids is 3. The molecule has 7 nitrogen and oxygen atoms in total. The molecule has 1 saturated heterocycles. The highest BCUT2D eigenvalue weighted by atomic mass is 16.6. The van der Waals surface area contributed by atoms with Crippen LogP contribution in [0.4, 0.5) is 0 Å². The molecule has 1 heterocycles. The number of piperidine rings is 1. The van der Waals surface area contributed by atoms with E-state index in [1.165, 1.54) is 0 Å². The maximum Gasteiger partial charge on any atom is 0.309 e. The third kappa shape index (κ3) is 4.47. The number of ether oxygens (including phenoxy) is 1. The predicted octanol–water partition coefficient (Wildman–Crippen LogP) is 0.500. The van der Waals surface area contributed by atoms with Gasteiger partial charge in [0.25, 0.3) is 0 Å². The largest absolute Gasteiger partial charge is 0.460 e. The Morgan fingerprint density at radius 3 is 2.54 bits per heavy atom. The van der Waals surface area contributed by atoms with Crippen molar-refractivity contribution in [2.24, 2.45) is 11.3 Å². The number of hydrogen-bond donors (Lipinski definition) is 3. The zero-order chi connectivity index (χ0) is 18.1. The molecule has 2 amide bonds. The van der Waals surface area contributed by atoms with E-state index in [1.807, 2.05) is 0 Å². The molecule has 2 rings (SSSR count). The Morgan fingerprint density at radius 2 is 2.00 bits per heavy atom. The molecule has 0 aromatic heterocycles. The normalized spacial score (nSPS) is 33.7. The minimum Gasteiger partial charge on any atom is -0.460 e. The Kier molecular flexibility index (Phi) is 5.22. The van der Waals surface area contributed by atoms with Gasteiger partial charge in [0.15, 0.2) is 0 Å². The van der Waals surface area contributed by atoms with Gasteiger partial charge in [-0.05, 0) is 47.0 Å². The van der Waals surface area contributed by atoms with Crippen molar-refractivity contribution in [1.82, 2.24) is 10.6 Å². The molecule has 0 radical (unpaired) electrons. The van der Waals surface area contributed by atoms with E-state index < -0.39 is 29.1 Å². The number of nitrogens with one attached hydrogen (secondary N) is 2. The quantitative estimate of drug-likeness (QED) is 0.649.